The summed E-state index contributed by atoms with van der Waals surface area (Å²) in [5, 5.41) is 0. The Kier molecular flexibility index (Phi) is 3.26. The molecule has 2 heterocycles. The van der Waals surface area contributed by atoms with E-state index in [0.717, 1.165) is 11.4 Å². The summed E-state index contributed by atoms with van der Waals surface area (Å²) < 4.78 is 16.2. The van der Waals surface area contributed by atoms with E-state index in [1.807, 2.05) is 19.1 Å². The van der Waals surface area contributed by atoms with Gasteiger partial charge in [-0.3, -0.25) is 0 Å². The minimum atomic E-state index is 0.241. The molecule has 20 heavy (non-hydrogen) atoms. The lowest BCUT2D eigenvalue weighted by atomic mass is 10.3. The van der Waals surface area contributed by atoms with Crippen molar-refractivity contribution in [1.82, 2.24) is 9.97 Å². The molecule has 0 fully saturated rings. The standard InChI is InChI=1S/C13H14N4O3/c1-8-4-12(17-14)16-13(15-8)6-18-9-2-3-10-11(5-9)20-7-19-10/h2-5H,6-7,14H2,1H3,(H,15,16,17). The van der Waals surface area contributed by atoms with Gasteiger partial charge in [0.05, 0.1) is 0 Å². The highest BCUT2D eigenvalue weighted by Gasteiger charge is 2.14. The van der Waals surface area contributed by atoms with E-state index >= 15 is 0 Å². The van der Waals surface area contributed by atoms with Crippen LogP contribution in [0.3, 0.4) is 0 Å². The summed E-state index contributed by atoms with van der Waals surface area (Å²) >= 11 is 0. The van der Waals surface area contributed by atoms with Crippen molar-refractivity contribution in [2.24, 2.45) is 5.84 Å². The third-order valence-electron chi connectivity index (χ3n) is 2.76. The lowest BCUT2D eigenvalue weighted by Crippen LogP contribution is -2.12. The Labute approximate surface area is 115 Å². The average molecular weight is 274 g/mol. The van der Waals surface area contributed by atoms with Crippen LogP contribution in [0.15, 0.2) is 24.3 Å². The molecule has 7 nitrogen and oxygen atoms in total. The monoisotopic (exact) mass is 274 g/mol. The van der Waals surface area contributed by atoms with Gasteiger partial charge in [-0.1, -0.05) is 0 Å². The van der Waals surface area contributed by atoms with Crippen LogP contribution >= 0.6 is 0 Å². The zero-order valence-electron chi connectivity index (χ0n) is 10.9. The molecule has 1 aliphatic heterocycles. The van der Waals surface area contributed by atoms with Crippen LogP contribution in [0.25, 0.3) is 0 Å². The highest BCUT2D eigenvalue weighted by Crippen LogP contribution is 2.35. The fraction of sp³-hybridized carbons (Fsp3) is 0.231. The van der Waals surface area contributed by atoms with Crippen molar-refractivity contribution < 1.29 is 14.2 Å². The Balaban J connectivity index is 1.71. The van der Waals surface area contributed by atoms with E-state index in [-0.39, 0.29) is 13.4 Å². The molecule has 3 rings (SSSR count). The number of nitrogen functional groups attached to an aromatic ring is 1. The first kappa shape index (κ1) is 12.5. The van der Waals surface area contributed by atoms with Crippen LogP contribution in [0.5, 0.6) is 17.2 Å². The average Bonchev–Trinajstić information content (AvgIpc) is 2.92. The molecular weight excluding hydrogens is 260 g/mol. The van der Waals surface area contributed by atoms with E-state index in [2.05, 4.69) is 15.4 Å². The Bertz CT molecular complexity index is 633. The Morgan fingerprint density at radius 3 is 2.95 bits per heavy atom. The summed E-state index contributed by atoms with van der Waals surface area (Å²) in [4.78, 5) is 8.49. The zero-order valence-corrected chi connectivity index (χ0v) is 10.9. The van der Waals surface area contributed by atoms with Crippen molar-refractivity contribution in [3.8, 4) is 17.2 Å². The lowest BCUT2D eigenvalue weighted by molar-refractivity contribution is 0.173. The molecule has 0 saturated carbocycles. The summed E-state index contributed by atoms with van der Waals surface area (Å²) in [6.45, 7) is 2.36. The van der Waals surface area contributed by atoms with Crippen LogP contribution in [0.2, 0.25) is 0 Å². The van der Waals surface area contributed by atoms with E-state index in [4.69, 9.17) is 20.1 Å². The van der Waals surface area contributed by atoms with Crippen molar-refractivity contribution in [2.75, 3.05) is 12.2 Å². The van der Waals surface area contributed by atoms with Gasteiger partial charge in [0, 0.05) is 17.8 Å². The molecule has 0 spiro atoms. The number of aryl methyl sites for hydroxylation is 1. The first-order chi connectivity index (χ1) is 9.74. The first-order valence-electron chi connectivity index (χ1n) is 6.08. The van der Waals surface area contributed by atoms with Crippen LogP contribution in [0.4, 0.5) is 5.82 Å². The number of ether oxygens (including phenoxy) is 3. The molecule has 104 valence electrons. The number of rotatable bonds is 4. The Morgan fingerprint density at radius 1 is 1.25 bits per heavy atom. The molecule has 0 unspecified atom stereocenters. The molecule has 3 N–H and O–H groups in total. The predicted molar refractivity (Wildman–Crippen MR) is 71.5 cm³/mol. The van der Waals surface area contributed by atoms with Crippen LogP contribution in [0, 0.1) is 6.92 Å². The number of fused-ring (bicyclic) bond motifs is 1. The number of nitrogens with one attached hydrogen (secondary N) is 1. The quantitative estimate of drug-likeness (QED) is 0.642. The van der Waals surface area contributed by atoms with Gasteiger partial charge in [0.2, 0.25) is 6.79 Å². The summed E-state index contributed by atoms with van der Waals surface area (Å²) in [7, 11) is 0. The molecule has 1 aromatic heterocycles. The van der Waals surface area contributed by atoms with Crippen molar-refractivity contribution in [1.29, 1.82) is 0 Å². The van der Waals surface area contributed by atoms with E-state index in [9.17, 15) is 0 Å². The van der Waals surface area contributed by atoms with Crippen molar-refractivity contribution in [3.05, 3.63) is 35.8 Å². The highest BCUT2D eigenvalue weighted by atomic mass is 16.7. The fourth-order valence-corrected chi connectivity index (χ4v) is 1.88. The van der Waals surface area contributed by atoms with E-state index < -0.39 is 0 Å². The third-order valence-corrected chi connectivity index (χ3v) is 2.76. The number of hydrazine groups is 1. The maximum Gasteiger partial charge on any atom is 0.231 e. The minimum Gasteiger partial charge on any atom is -0.485 e. The number of nitrogens with two attached hydrogens (primary N) is 1. The number of benzene rings is 1. The van der Waals surface area contributed by atoms with Gasteiger partial charge in [-0.05, 0) is 19.1 Å². The second-order valence-electron chi connectivity index (χ2n) is 4.26. The molecule has 2 aromatic rings. The molecule has 0 saturated heterocycles. The van der Waals surface area contributed by atoms with Gasteiger partial charge in [0.15, 0.2) is 17.3 Å². The van der Waals surface area contributed by atoms with Crippen LogP contribution in [-0.4, -0.2) is 16.8 Å². The van der Waals surface area contributed by atoms with Gasteiger partial charge < -0.3 is 19.6 Å². The summed E-state index contributed by atoms with van der Waals surface area (Å²) in [6, 6.07) is 7.15. The maximum atomic E-state index is 5.64. The number of aromatic nitrogens is 2. The first-order valence-corrected chi connectivity index (χ1v) is 6.08. The molecule has 0 bridgehead atoms. The molecular formula is C13H14N4O3. The molecule has 1 aliphatic rings. The topological polar surface area (TPSA) is 91.5 Å². The highest BCUT2D eigenvalue weighted by molar-refractivity contribution is 5.46. The molecule has 7 heteroatoms. The predicted octanol–water partition coefficient (Wildman–Crippen LogP) is 1.38. The van der Waals surface area contributed by atoms with E-state index in [1.54, 1.807) is 12.1 Å². The molecule has 0 amide bonds. The van der Waals surface area contributed by atoms with E-state index in [0.29, 0.717) is 23.1 Å². The number of hydrogen-bond donors (Lipinski definition) is 2. The van der Waals surface area contributed by atoms with Crippen molar-refractivity contribution in [2.45, 2.75) is 13.5 Å². The summed E-state index contributed by atoms with van der Waals surface area (Å²) in [5.41, 5.74) is 3.31. The largest absolute Gasteiger partial charge is 0.485 e. The maximum absolute atomic E-state index is 5.64. The van der Waals surface area contributed by atoms with Crippen LogP contribution in [0.1, 0.15) is 11.5 Å². The van der Waals surface area contributed by atoms with Gasteiger partial charge in [0.1, 0.15) is 18.2 Å². The Hall–Kier alpha value is -2.54. The summed E-state index contributed by atoms with van der Waals surface area (Å²) in [5.74, 6) is 8.52. The van der Waals surface area contributed by atoms with E-state index in [1.165, 1.54) is 0 Å². The van der Waals surface area contributed by atoms with Crippen molar-refractivity contribution in [3.63, 3.8) is 0 Å². The number of hydrogen-bond acceptors (Lipinski definition) is 7. The normalized spacial score (nSPS) is 12.3. The second-order valence-corrected chi connectivity index (χ2v) is 4.26. The van der Waals surface area contributed by atoms with Gasteiger partial charge in [-0.25, -0.2) is 15.8 Å². The molecule has 1 aromatic carbocycles. The number of anilines is 1. The molecule has 0 aliphatic carbocycles. The minimum absolute atomic E-state index is 0.241. The lowest BCUT2D eigenvalue weighted by Gasteiger charge is -2.08. The van der Waals surface area contributed by atoms with Gasteiger partial charge in [-0.15, -0.1) is 0 Å². The molecule has 0 radical (unpaired) electrons. The fourth-order valence-electron chi connectivity index (χ4n) is 1.88. The van der Waals surface area contributed by atoms with Crippen LogP contribution in [-0.2, 0) is 6.61 Å². The summed E-state index contributed by atoms with van der Waals surface area (Å²) in [6.07, 6.45) is 0. The zero-order chi connectivity index (χ0) is 13.9. The smallest absolute Gasteiger partial charge is 0.231 e. The SMILES string of the molecule is Cc1cc(NN)nc(COc2ccc3c(c2)OCO3)n1. The van der Waals surface area contributed by atoms with Crippen molar-refractivity contribution >= 4 is 5.82 Å². The second kappa shape index (κ2) is 5.22. The van der Waals surface area contributed by atoms with Gasteiger partial charge >= 0.3 is 0 Å². The van der Waals surface area contributed by atoms with Gasteiger partial charge in [-0.2, -0.15) is 0 Å². The van der Waals surface area contributed by atoms with Gasteiger partial charge in [0.25, 0.3) is 0 Å². The Morgan fingerprint density at radius 2 is 2.10 bits per heavy atom. The number of nitrogens with zero attached hydrogens (tertiary/aromatic N) is 2. The van der Waals surface area contributed by atoms with Crippen LogP contribution < -0.4 is 25.5 Å². The molecule has 0 atom stereocenters. The third kappa shape index (κ3) is 2.57.